The fraction of sp³-hybridized carbons (Fsp3) is 0.154. The molecule has 1 aliphatic rings. The van der Waals surface area contributed by atoms with Crippen LogP contribution in [0.2, 0.25) is 0 Å². The van der Waals surface area contributed by atoms with Crippen molar-refractivity contribution < 1.29 is 42.4 Å². The summed E-state index contributed by atoms with van der Waals surface area (Å²) in [6.45, 7) is 0. The summed E-state index contributed by atoms with van der Waals surface area (Å²) in [5.74, 6) is 1.90. The highest BCUT2D eigenvalue weighted by molar-refractivity contribution is 6.03. The summed E-state index contributed by atoms with van der Waals surface area (Å²) < 4.78 is 19.1. The molecule has 33 heavy (non-hydrogen) atoms. The third-order valence-electron chi connectivity index (χ3n) is 5.72. The maximum absolute atomic E-state index is 6.03. The van der Waals surface area contributed by atoms with E-state index in [0.717, 1.165) is 39.3 Å². The number of hydrogen-bond donors (Lipinski definition) is 0. The highest BCUT2D eigenvalue weighted by Gasteiger charge is 2.25. The molecule has 6 nitrogen and oxygen atoms in total. The van der Waals surface area contributed by atoms with Crippen LogP contribution in [0, 0.1) is 0 Å². The van der Waals surface area contributed by atoms with Gasteiger partial charge in [0.05, 0.1) is 33.2 Å². The fourth-order valence-electron chi connectivity index (χ4n) is 4.06. The molecule has 0 unspecified atom stereocenters. The van der Waals surface area contributed by atoms with E-state index in [9.17, 15) is 0 Å². The van der Waals surface area contributed by atoms with Gasteiger partial charge in [0.2, 0.25) is 5.58 Å². The second kappa shape index (κ2) is 9.27. The van der Waals surface area contributed by atoms with Crippen molar-refractivity contribution in [3.05, 3.63) is 83.9 Å². The lowest BCUT2D eigenvalue weighted by Gasteiger charge is -2.31. The smallest absolute Gasteiger partial charge is 0.370 e. The van der Waals surface area contributed by atoms with Crippen molar-refractivity contribution in [3.63, 3.8) is 0 Å². The number of allylic oxidation sites excluding steroid dienone is 2. The Bertz CT molecular complexity index is 1380. The summed E-state index contributed by atoms with van der Waals surface area (Å²) in [4.78, 5) is 6.86. The van der Waals surface area contributed by atoms with Gasteiger partial charge < -0.3 is 42.8 Å². The van der Waals surface area contributed by atoms with Gasteiger partial charge in [-0.05, 0) is 35.4 Å². The van der Waals surface area contributed by atoms with Gasteiger partial charge in [-0.25, -0.2) is 4.57 Å². The third-order valence-corrected chi connectivity index (χ3v) is 5.72. The number of ether oxygens (including phenoxy) is 2. The highest BCUT2D eigenvalue weighted by atomic mass is 127. The summed E-state index contributed by atoms with van der Waals surface area (Å²) in [5.41, 5.74) is 6.73. The molecule has 0 radical (unpaired) electrons. The molecule has 1 aliphatic heterocycles. The normalized spacial score (nSPS) is 14.0. The molecule has 0 spiro atoms. The maximum atomic E-state index is 6.03. The summed E-state index contributed by atoms with van der Waals surface area (Å²) >= 11 is 0. The van der Waals surface area contributed by atoms with Crippen molar-refractivity contribution in [2.75, 3.05) is 26.2 Å². The van der Waals surface area contributed by atoms with Crippen LogP contribution in [0.4, 0.5) is 5.69 Å². The molecule has 7 heteroatoms. The first-order chi connectivity index (χ1) is 15.6. The Morgan fingerprint density at radius 1 is 1.00 bits per heavy atom. The standard InChI is InChI=1S/C26H24N3O3.HI/c1-28-12-8-11-22-26(28)27-25(32-22)14-18-13-20(17-9-6-5-7-10-17)29(2)21-16-24(31-4)23(30-3)15-19(18)21;/h5-16H,1-4H3;1H/q+1;/p-1. The average Bonchev–Trinajstić information content (AvgIpc) is 3.24. The van der Waals surface area contributed by atoms with Gasteiger partial charge in [-0.1, -0.05) is 30.3 Å². The van der Waals surface area contributed by atoms with E-state index in [1.165, 1.54) is 0 Å². The van der Waals surface area contributed by atoms with Crippen LogP contribution in [-0.4, -0.2) is 26.3 Å². The molecule has 2 aromatic carbocycles. The second-order valence-electron chi connectivity index (χ2n) is 7.64. The van der Waals surface area contributed by atoms with Crippen molar-refractivity contribution in [2.24, 2.45) is 7.05 Å². The van der Waals surface area contributed by atoms with Crippen LogP contribution < -0.4 is 42.9 Å². The van der Waals surface area contributed by atoms with Crippen molar-refractivity contribution in [1.29, 1.82) is 0 Å². The van der Waals surface area contributed by atoms with E-state index >= 15 is 0 Å². The van der Waals surface area contributed by atoms with Crippen LogP contribution in [0.25, 0.3) is 28.6 Å². The minimum atomic E-state index is 0. The van der Waals surface area contributed by atoms with E-state index in [4.69, 9.17) is 18.9 Å². The zero-order chi connectivity index (χ0) is 22.2. The SMILES string of the molecule is COc1cc2c(cc1OC)N(C)C(c1ccccc1)=C/C2=C\c1nc2c(ccc[n+]2C)o1.[I-]. The second-order valence-corrected chi connectivity index (χ2v) is 7.64. The van der Waals surface area contributed by atoms with Crippen molar-refractivity contribution in [1.82, 2.24) is 4.98 Å². The van der Waals surface area contributed by atoms with Crippen LogP contribution in [0.15, 0.2) is 71.3 Å². The third kappa shape index (κ3) is 4.08. The van der Waals surface area contributed by atoms with Crippen molar-refractivity contribution in [2.45, 2.75) is 0 Å². The van der Waals surface area contributed by atoms with Gasteiger partial charge in [0, 0.05) is 35.4 Å². The van der Waals surface area contributed by atoms with E-state index in [0.29, 0.717) is 17.4 Å². The first-order valence-electron chi connectivity index (χ1n) is 10.3. The molecule has 4 aromatic rings. The van der Waals surface area contributed by atoms with Crippen LogP contribution in [-0.2, 0) is 7.05 Å². The number of aromatic nitrogens is 2. The number of hydrogen-bond acceptors (Lipinski definition) is 5. The Hall–Kier alpha value is -3.33. The Morgan fingerprint density at radius 3 is 2.42 bits per heavy atom. The maximum Gasteiger partial charge on any atom is 0.370 e. The van der Waals surface area contributed by atoms with E-state index in [1.54, 1.807) is 14.2 Å². The quantitative estimate of drug-likeness (QED) is 0.285. The molecule has 0 amide bonds. The Labute approximate surface area is 209 Å². The number of benzene rings is 2. The first-order valence-corrected chi connectivity index (χ1v) is 10.3. The molecule has 0 saturated heterocycles. The predicted octanol–water partition coefficient (Wildman–Crippen LogP) is 1.71. The summed E-state index contributed by atoms with van der Waals surface area (Å²) in [6, 6.07) is 18.2. The van der Waals surface area contributed by atoms with Gasteiger partial charge in [-0.2, -0.15) is 0 Å². The number of oxazole rings is 1. The lowest BCUT2D eigenvalue weighted by atomic mass is 9.94. The van der Waals surface area contributed by atoms with E-state index < -0.39 is 0 Å². The summed E-state index contributed by atoms with van der Waals surface area (Å²) in [5, 5.41) is 0. The number of aryl methyl sites for hydroxylation is 1. The molecule has 168 valence electrons. The van der Waals surface area contributed by atoms with Crippen LogP contribution in [0.5, 0.6) is 11.5 Å². The molecular weight excluding hydrogens is 529 g/mol. The number of halogens is 1. The number of fused-ring (bicyclic) bond motifs is 2. The van der Waals surface area contributed by atoms with E-state index in [-0.39, 0.29) is 24.0 Å². The molecule has 0 atom stereocenters. The zero-order valence-electron chi connectivity index (χ0n) is 18.9. The largest absolute Gasteiger partial charge is 1.00 e. The Balaban J connectivity index is 0.00000259. The van der Waals surface area contributed by atoms with Gasteiger partial charge in [-0.15, -0.1) is 0 Å². The first kappa shape index (κ1) is 22.8. The number of rotatable bonds is 4. The predicted molar refractivity (Wildman–Crippen MR) is 125 cm³/mol. The molecule has 0 saturated carbocycles. The Kier molecular flexibility index (Phi) is 6.42. The summed E-state index contributed by atoms with van der Waals surface area (Å²) in [6.07, 6.45) is 6.08. The van der Waals surface area contributed by atoms with Crippen LogP contribution in [0.1, 0.15) is 17.0 Å². The average molecular weight is 553 g/mol. The monoisotopic (exact) mass is 553 g/mol. The molecule has 3 heterocycles. The molecule has 0 bridgehead atoms. The van der Waals surface area contributed by atoms with Gasteiger partial charge in [-0.3, -0.25) is 0 Å². The van der Waals surface area contributed by atoms with Crippen molar-refractivity contribution >= 4 is 34.3 Å². The van der Waals surface area contributed by atoms with Crippen LogP contribution >= 0.6 is 0 Å². The minimum Gasteiger partial charge on any atom is -1.00 e. The van der Waals surface area contributed by atoms with Gasteiger partial charge >= 0.3 is 11.5 Å². The molecule has 0 fully saturated rings. The van der Waals surface area contributed by atoms with E-state index in [1.807, 2.05) is 66.4 Å². The van der Waals surface area contributed by atoms with Crippen LogP contribution in [0.3, 0.4) is 0 Å². The molecular formula is C26H24IN3O3. The van der Waals surface area contributed by atoms with Gasteiger partial charge in [0.15, 0.2) is 11.5 Å². The number of pyridine rings is 1. The molecule has 0 N–H and O–H groups in total. The molecule has 0 aliphatic carbocycles. The zero-order valence-corrected chi connectivity index (χ0v) is 21.0. The van der Waals surface area contributed by atoms with E-state index in [2.05, 4.69) is 30.2 Å². The number of methoxy groups -OCH3 is 2. The lowest BCUT2D eigenvalue weighted by molar-refractivity contribution is -0.646. The topological polar surface area (TPSA) is 51.6 Å². The minimum absolute atomic E-state index is 0. The molecule has 2 aromatic heterocycles. The highest BCUT2D eigenvalue weighted by Crippen LogP contribution is 2.44. The Morgan fingerprint density at radius 2 is 1.73 bits per heavy atom. The molecule has 5 rings (SSSR count). The number of anilines is 1. The van der Waals surface area contributed by atoms with Crippen molar-refractivity contribution in [3.8, 4) is 11.5 Å². The number of nitrogens with zero attached hydrogens (tertiary/aromatic N) is 3. The summed E-state index contributed by atoms with van der Waals surface area (Å²) in [7, 11) is 7.30. The fourth-order valence-corrected chi connectivity index (χ4v) is 4.06. The van der Waals surface area contributed by atoms with Gasteiger partial charge in [0.1, 0.15) is 0 Å². The lowest BCUT2D eigenvalue weighted by Crippen LogP contribution is -3.00. The van der Waals surface area contributed by atoms with Gasteiger partial charge in [0.25, 0.3) is 0 Å².